The van der Waals surface area contributed by atoms with Gasteiger partial charge in [-0.05, 0) is 36.8 Å². The number of carbonyl (C=O) groups excluding carboxylic acids is 2. The van der Waals surface area contributed by atoms with E-state index in [1.807, 2.05) is 37.3 Å². The Kier molecular flexibility index (Phi) is 6.63. The van der Waals surface area contributed by atoms with E-state index >= 15 is 0 Å². The summed E-state index contributed by atoms with van der Waals surface area (Å²) in [6.07, 6.45) is 1.88. The summed E-state index contributed by atoms with van der Waals surface area (Å²) in [4.78, 5) is 28.8. The van der Waals surface area contributed by atoms with Crippen LogP contribution in [0.2, 0.25) is 0 Å². The van der Waals surface area contributed by atoms with Gasteiger partial charge in [-0.15, -0.1) is 0 Å². The molecule has 1 aliphatic heterocycles. The predicted octanol–water partition coefficient (Wildman–Crippen LogP) is 3.69. The minimum Gasteiger partial charge on any atom is -0.447 e. The summed E-state index contributed by atoms with van der Waals surface area (Å²) in [6.45, 7) is 2.51. The molecule has 1 aromatic carbocycles. The summed E-state index contributed by atoms with van der Waals surface area (Å²) in [5.74, 6) is -0.454. The molecule has 1 aliphatic rings. The maximum Gasteiger partial charge on any atom is 0.416 e. The van der Waals surface area contributed by atoms with Crippen molar-refractivity contribution in [2.24, 2.45) is 11.0 Å². The van der Waals surface area contributed by atoms with Crippen molar-refractivity contribution in [3.63, 3.8) is 0 Å². The molecule has 2 amide bonds. The second-order valence-electron chi connectivity index (χ2n) is 5.83. The molecule has 2 atom stereocenters. The van der Waals surface area contributed by atoms with Crippen LogP contribution in [-0.4, -0.2) is 36.1 Å². The van der Waals surface area contributed by atoms with E-state index < -0.39 is 6.09 Å². The Balaban J connectivity index is 2.03. The lowest BCUT2D eigenvalue weighted by atomic mass is 9.97. The molecule has 1 fully saturated rings. The molecule has 0 radical (unpaired) electrons. The van der Waals surface area contributed by atoms with Gasteiger partial charge in [0.15, 0.2) is 0 Å². The summed E-state index contributed by atoms with van der Waals surface area (Å²) in [6, 6.07) is 9.48. The van der Waals surface area contributed by atoms with E-state index in [-0.39, 0.29) is 24.5 Å². The van der Waals surface area contributed by atoms with Crippen molar-refractivity contribution in [1.82, 2.24) is 4.90 Å². The number of azide groups is 1. The first-order chi connectivity index (χ1) is 11.7. The Hall–Kier alpha value is -2.53. The topological polar surface area (TPSA) is 95.4 Å². The summed E-state index contributed by atoms with van der Waals surface area (Å²) in [5.41, 5.74) is 9.37. The number of amides is 2. The maximum absolute atomic E-state index is 12.8. The van der Waals surface area contributed by atoms with E-state index in [0.29, 0.717) is 32.2 Å². The van der Waals surface area contributed by atoms with Crippen LogP contribution in [0.3, 0.4) is 0 Å². The Morgan fingerprint density at radius 1 is 1.46 bits per heavy atom. The highest BCUT2D eigenvalue weighted by atomic mass is 16.6. The standard InChI is InChI=1S/C17H22N4O3/c1-2-14(9-6-10-19-20-18)16(22)21-15(12-24-17(21)23)11-13-7-4-3-5-8-13/h3-5,7-8,14-15H,2,6,9-12H2,1H3/t14-,15+/m1/s1. The van der Waals surface area contributed by atoms with Crippen molar-refractivity contribution in [3.8, 4) is 0 Å². The molecule has 0 unspecified atom stereocenters. The van der Waals surface area contributed by atoms with Gasteiger partial charge in [-0.3, -0.25) is 4.79 Å². The van der Waals surface area contributed by atoms with Gasteiger partial charge in [-0.2, -0.15) is 0 Å². The van der Waals surface area contributed by atoms with Crippen molar-refractivity contribution >= 4 is 12.0 Å². The van der Waals surface area contributed by atoms with Crippen molar-refractivity contribution < 1.29 is 14.3 Å². The zero-order chi connectivity index (χ0) is 17.4. The Labute approximate surface area is 141 Å². The fourth-order valence-corrected chi connectivity index (χ4v) is 2.92. The number of nitrogens with zero attached hydrogens (tertiary/aromatic N) is 4. The molecule has 0 aromatic heterocycles. The molecular weight excluding hydrogens is 308 g/mol. The number of hydrogen-bond acceptors (Lipinski definition) is 4. The Morgan fingerprint density at radius 3 is 2.88 bits per heavy atom. The monoisotopic (exact) mass is 330 g/mol. The largest absolute Gasteiger partial charge is 0.447 e. The smallest absolute Gasteiger partial charge is 0.416 e. The van der Waals surface area contributed by atoms with Gasteiger partial charge in [-0.1, -0.05) is 42.4 Å². The number of imide groups is 1. The molecule has 0 bridgehead atoms. The molecule has 1 heterocycles. The van der Waals surface area contributed by atoms with E-state index in [2.05, 4.69) is 10.0 Å². The lowest BCUT2D eigenvalue weighted by Crippen LogP contribution is -2.43. The third kappa shape index (κ3) is 4.49. The summed E-state index contributed by atoms with van der Waals surface area (Å²) >= 11 is 0. The SMILES string of the molecule is CC[C@H](CCCN=[N+]=[N-])C(=O)N1C(=O)OC[C@@H]1Cc1ccccc1. The molecular formula is C17H22N4O3. The third-order valence-electron chi connectivity index (χ3n) is 4.23. The van der Waals surface area contributed by atoms with E-state index in [9.17, 15) is 9.59 Å². The summed E-state index contributed by atoms with van der Waals surface area (Å²) in [5, 5.41) is 3.48. The number of cyclic esters (lactones) is 1. The molecule has 7 heteroatoms. The van der Waals surface area contributed by atoms with Crippen LogP contribution in [0.15, 0.2) is 35.4 Å². The molecule has 0 N–H and O–H groups in total. The molecule has 2 rings (SSSR count). The zero-order valence-electron chi connectivity index (χ0n) is 13.8. The fraction of sp³-hybridized carbons (Fsp3) is 0.529. The van der Waals surface area contributed by atoms with Crippen LogP contribution in [0.4, 0.5) is 4.79 Å². The lowest BCUT2D eigenvalue weighted by molar-refractivity contribution is -0.133. The number of ether oxygens (including phenoxy) is 1. The fourth-order valence-electron chi connectivity index (χ4n) is 2.92. The van der Waals surface area contributed by atoms with Crippen LogP contribution in [0.1, 0.15) is 31.7 Å². The maximum atomic E-state index is 12.8. The molecule has 1 saturated heterocycles. The van der Waals surface area contributed by atoms with E-state index in [4.69, 9.17) is 10.3 Å². The molecule has 0 spiro atoms. The van der Waals surface area contributed by atoms with Gasteiger partial charge in [0, 0.05) is 17.4 Å². The van der Waals surface area contributed by atoms with Crippen LogP contribution in [0, 0.1) is 5.92 Å². The van der Waals surface area contributed by atoms with E-state index in [1.54, 1.807) is 0 Å². The highest BCUT2D eigenvalue weighted by Crippen LogP contribution is 2.23. The van der Waals surface area contributed by atoms with Crippen LogP contribution in [0.25, 0.3) is 10.4 Å². The minimum atomic E-state index is -0.561. The van der Waals surface area contributed by atoms with Crippen molar-refractivity contribution in [2.45, 2.75) is 38.6 Å². The molecule has 7 nitrogen and oxygen atoms in total. The van der Waals surface area contributed by atoms with Crippen molar-refractivity contribution in [2.75, 3.05) is 13.2 Å². The van der Waals surface area contributed by atoms with Gasteiger partial charge in [0.25, 0.3) is 0 Å². The third-order valence-corrected chi connectivity index (χ3v) is 4.23. The Morgan fingerprint density at radius 2 is 2.21 bits per heavy atom. The first-order valence-corrected chi connectivity index (χ1v) is 8.22. The van der Waals surface area contributed by atoms with Gasteiger partial charge >= 0.3 is 6.09 Å². The van der Waals surface area contributed by atoms with Gasteiger partial charge in [0.2, 0.25) is 5.91 Å². The number of carbonyl (C=O) groups is 2. The normalized spacial score (nSPS) is 18.0. The predicted molar refractivity (Wildman–Crippen MR) is 89.2 cm³/mol. The average Bonchev–Trinajstić information content (AvgIpc) is 2.96. The number of benzene rings is 1. The molecule has 24 heavy (non-hydrogen) atoms. The number of hydrogen-bond donors (Lipinski definition) is 0. The van der Waals surface area contributed by atoms with Crippen molar-refractivity contribution in [1.29, 1.82) is 0 Å². The average molecular weight is 330 g/mol. The van der Waals surface area contributed by atoms with E-state index in [0.717, 1.165) is 5.56 Å². The van der Waals surface area contributed by atoms with Crippen molar-refractivity contribution in [3.05, 3.63) is 46.3 Å². The lowest BCUT2D eigenvalue weighted by Gasteiger charge is -2.24. The van der Waals surface area contributed by atoms with Gasteiger partial charge in [0.1, 0.15) is 6.61 Å². The first kappa shape index (κ1) is 17.8. The molecule has 1 aromatic rings. The second-order valence-corrected chi connectivity index (χ2v) is 5.83. The quantitative estimate of drug-likeness (QED) is 0.315. The molecule has 128 valence electrons. The zero-order valence-corrected chi connectivity index (χ0v) is 13.8. The van der Waals surface area contributed by atoms with Gasteiger partial charge in [-0.25, -0.2) is 9.69 Å². The van der Waals surface area contributed by atoms with Crippen LogP contribution in [0.5, 0.6) is 0 Å². The summed E-state index contributed by atoms with van der Waals surface area (Å²) < 4.78 is 5.11. The van der Waals surface area contributed by atoms with Crippen LogP contribution < -0.4 is 0 Å². The van der Waals surface area contributed by atoms with Gasteiger partial charge in [0.05, 0.1) is 6.04 Å². The van der Waals surface area contributed by atoms with E-state index in [1.165, 1.54) is 4.90 Å². The number of rotatable bonds is 8. The first-order valence-electron chi connectivity index (χ1n) is 8.22. The molecule has 0 saturated carbocycles. The highest BCUT2D eigenvalue weighted by Gasteiger charge is 2.40. The van der Waals surface area contributed by atoms with Crippen LogP contribution >= 0.6 is 0 Å². The van der Waals surface area contributed by atoms with Crippen LogP contribution in [-0.2, 0) is 16.0 Å². The minimum absolute atomic E-state index is 0.193. The molecule has 0 aliphatic carbocycles. The summed E-state index contributed by atoms with van der Waals surface area (Å²) in [7, 11) is 0. The second kappa shape index (κ2) is 8.93. The van der Waals surface area contributed by atoms with Gasteiger partial charge < -0.3 is 4.74 Å². The highest BCUT2D eigenvalue weighted by molar-refractivity contribution is 5.94. The Bertz CT molecular complexity index is 614.